The van der Waals surface area contributed by atoms with E-state index in [0.29, 0.717) is 0 Å². The summed E-state index contributed by atoms with van der Waals surface area (Å²) in [4.78, 5) is 14.0. The Kier molecular flexibility index (Phi) is 1.76. The molecule has 0 amide bonds. The van der Waals surface area contributed by atoms with E-state index in [1.807, 2.05) is 0 Å². The van der Waals surface area contributed by atoms with Crippen molar-refractivity contribution in [3.8, 4) is 0 Å². The van der Waals surface area contributed by atoms with Crippen LogP contribution in [0, 0.1) is 6.92 Å². The molecule has 0 atom stereocenters. The number of carboxylic acid groups (broad SMARTS) is 1. The van der Waals surface area contributed by atoms with Gasteiger partial charge in [-0.3, -0.25) is 0 Å². The number of carbonyl (C=O) groups is 1. The lowest BCUT2D eigenvalue weighted by atomic mass is 10.2. The summed E-state index contributed by atoms with van der Waals surface area (Å²) in [7, 11) is 0. The summed E-state index contributed by atoms with van der Waals surface area (Å²) in [5, 5.41) is 8.51. The van der Waals surface area contributed by atoms with Gasteiger partial charge >= 0.3 is 5.97 Å². The summed E-state index contributed by atoms with van der Waals surface area (Å²) in [6, 6.07) is 1.58. The minimum absolute atomic E-state index is 0.0874. The second-order valence-corrected chi connectivity index (χ2v) is 2.26. The minimum Gasteiger partial charge on any atom is -0.476 e. The Morgan fingerprint density at radius 1 is 1.73 bits per heavy atom. The molecule has 0 saturated heterocycles. The van der Waals surface area contributed by atoms with Gasteiger partial charge in [-0.15, -0.1) is 0 Å². The summed E-state index contributed by atoms with van der Waals surface area (Å²) < 4.78 is 0. The number of aromatic nitrogens is 1. The molecule has 0 aliphatic rings. The van der Waals surface area contributed by atoms with Crippen molar-refractivity contribution in [3.63, 3.8) is 0 Å². The summed E-state index contributed by atoms with van der Waals surface area (Å²) >= 11 is 0. The normalized spacial score (nSPS) is 9.55. The van der Waals surface area contributed by atoms with Crippen molar-refractivity contribution in [1.82, 2.24) is 4.98 Å². The van der Waals surface area contributed by atoms with E-state index in [2.05, 4.69) is 4.98 Å². The number of anilines is 1. The molecule has 0 saturated carbocycles. The highest BCUT2D eigenvalue weighted by atomic mass is 16.4. The van der Waals surface area contributed by atoms with Gasteiger partial charge in [0.2, 0.25) is 0 Å². The first-order valence-corrected chi connectivity index (χ1v) is 3.06. The van der Waals surface area contributed by atoms with Gasteiger partial charge in [0.25, 0.3) is 0 Å². The first-order valence-electron chi connectivity index (χ1n) is 3.06. The van der Waals surface area contributed by atoms with E-state index in [9.17, 15) is 4.79 Å². The second-order valence-electron chi connectivity index (χ2n) is 2.26. The molecule has 0 aliphatic carbocycles. The van der Waals surface area contributed by atoms with E-state index >= 15 is 0 Å². The molecule has 0 spiro atoms. The lowest BCUT2D eigenvalue weighted by molar-refractivity contribution is 0.0692. The zero-order chi connectivity index (χ0) is 8.43. The summed E-state index contributed by atoms with van der Waals surface area (Å²) in [5.41, 5.74) is 6.35. The average molecular weight is 152 g/mol. The minimum atomic E-state index is -1.09. The Hall–Kier alpha value is -1.58. The van der Waals surface area contributed by atoms with Crippen LogP contribution in [0.5, 0.6) is 0 Å². The number of aryl methyl sites for hydroxylation is 1. The number of rotatable bonds is 1. The Morgan fingerprint density at radius 3 is 2.82 bits per heavy atom. The van der Waals surface area contributed by atoms with Gasteiger partial charge in [0, 0.05) is 6.20 Å². The fraction of sp³-hybridized carbons (Fsp3) is 0.143. The van der Waals surface area contributed by atoms with Crippen LogP contribution in [0.1, 0.15) is 16.1 Å². The van der Waals surface area contributed by atoms with Gasteiger partial charge in [-0.25, -0.2) is 9.78 Å². The maximum Gasteiger partial charge on any atom is 0.356 e. The lowest BCUT2D eigenvalue weighted by Gasteiger charge is -1.98. The second kappa shape index (κ2) is 2.57. The molecule has 0 fully saturated rings. The van der Waals surface area contributed by atoms with Crippen molar-refractivity contribution in [2.45, 2.75) is 6.92 Å². The molecule has 1 aromatic rings. The molecular weight excluding hydrogens is 144 g/mol. The molecular formula is C7H8N2O2. The van der Waals surface area contributed by atoms with E-state index < -0.39 is 5.97 Å². The SMILES string of the molecule is Cc1cnc(C(=O)O)c(N)c1. The third-order valence-corrected chi connectivity index (χ3v) is 1.26. The Morgan fingerprint density at radius 2 is 2.36 bits per heavy atom. The van der Waals surface area contributed by atoms with Crippen molar-refractivity contribution in [3.05, 3.63) is 23.5 Å². The molecule has 4 nitrogen and oxygen atoms in total. The monoisotopic (exact) mass is 152 g/mol. The predicted octanol–water partition coefficient (Wildman–Crippen LogP) is 0.670. The molecule has 0 aliphatic heterocycles. The Balaban J connectivity index is 3.20. The van der Waals surface area contributed by atoms with Gasteiger partial charge in [-0.1, -0.05) is 0 Å². The van der Waals surface area contributed by atoms with Crippen molar-refractivity contribution < 1.29 is 9.90 Å². The number of nitrogens with zero attached hydrogens (tertiary/aromatic N) is 1. The molecule has 1 aromatic heterocycles. The molecule has 11 heavy (non-hydrogen) atoms. The summed E-state index contributed by atoms with van der Waals surface area (Å²) in [6.07, 6.45) is 1.47. The first-order chi connectivity index (χ1) is 5.11. The van der Waals surface area contributed by atoms with Crippen LogP contribution < -0.4 is 5.73 Å². The van der Waals surface area contributed by atoms with Gasteiger partial charge in [0.1, 0.15) is 0 Å². The topological polar surface area (TPSA) is 76.2 Å². The molecule has 58 valence electrons. The van der Waals surface area contributed by atoms with Gasteiger partial charge in [0.15, 0.2) is 5.69 Å². The number of aromatic carboxylic acids is 1. The van der Waals surface area contributed by atoms with Crippen LogP contribution in [-0.4, -0.2) is 16.1 Å². The van der Waals surface area contributed by atoms with Gasteiger partial charge in [0.05, 0.1) is 5.69 Å². The van der Waals surface area contributed by atoms with Crippen LogP contribution in [0.15, 0.2) is 12.3 Å². The van der Waals surface area contributed by atoms with E-state index in [-0.39, 0.29) is 11.4 Å². The van der Waals surface area contributed by atoms with Crippen molar-refractivity contribution >= 4 is 11.7 Å². The van der Waals surface area contributed by atoms with Crippen LogP contribution in [0.4, 0.5) is 5.69 Å². The fourth-order valence-corrected chi connectivity index (χ4v) is 0.771. The van der Waals surface area contributed by atoms with Gasteiger partial charge in [-0.05, 0) is 18.6 Å². The molecule has 0 bridgehead atoms. The Bertz CT molecular complexity index is 296. The van der Waals surface area contributed by atoms with Crippen LogP contribution >= 0.6 is 0 Å². The molecule has 1 rings (SSSR count). The first kappa shape index (κ1) is 7.53. The average Bonchev–Trinajstić information content (AvgIpc) is 1.85. The summed E-state index contributed by atoms with van der Waals surface area (Å²) in [5.74, 6) is -1.09. The fourth-order valence-electron chi connectivity index (χ4n) is 0.771. The highest BCUT2D eigenvalue weighted by molar-refractivity contribution is 5.91. The molecule has 4 heteroatoms. The highest BCUT2D eigenvalue weighted by Gasteiger charge is 2.07. The van der Waals surface area contributed by atoms with Crippen molar-refractivity contribution in [1.29, 1.82) is 0 Å². The quantitative estimate of drug-likeness (QED) is 0.620. The van der Waals surface area contributed by atoms with Crippen LogP contribution in [0.2, 0.25) is 0 Å². The van der Waals surface area contributed by atoms with E-state index in [1.54, 1.807) is 13.0 Å². The maximum atomic E-state index is 10.4. The third-order valence-electron chi connectivity index (χ3n) is 1.26. The predicted molar refractivity (Wildman–Crippen MR) is 40.3 cm³/mol. The molecule has 0 unspecified atom stereocenters. The smallest absolute Gasteiger partial charge is 0.356 e. The van der Waals surface area contributed by atoms with E-state index in [1.165, 1.54) is 6.20 Å². The van der Waals surface area contributed by atoms with Gasteiger partial charge < -0.3 is 10.8 Å². The van der Waals surface area contributed by atoms with Crippen molar-refractivity contribution in [2.75, 3.05) is 5.73 Å². The molecule has 1 heterocycles. The largest absolute Gasteiger partial charge is 0.476 e. The number of pyridine rings is 1. The number of hydrogen-bond acceptors (Lipinski definition) is 3. The van der Waals surface area contributed by atoms with Crippen LogP contribution in [0.25, 0.3) is 0 Å². The standard InChI is InChI=1S/C7H8N2O2/c1-4-2-5(8)6(7(10)11)9-3-4/h2-3H,8H2,1H3,(H,10,11). The van der Waals surface area contributed by atoms with Crippen molar-refractivity contribution in [2.24, 2.45) is 0 Å². The number of nitrogens with two attached hydrogens (primary N) is 1. The number of carboxylic acids is 1. The van der Waals surface area contributed by atoms with E-state index in [0.717, 1.165) is 5.56 Å². The van der Waals surface area contributed by atoms with E-state index in [4.69, 9.17) is 10.8 Å². The third kappa shape index (κ3) is 1.46. The lowest BCUT2D eigenvalue weighted by Crippen LogP contribution is -2.05. The Labute approximate surface area is 63.7 Å². The maximum absolute atomic E-state index is 10.4. The van der Waals surface area contributed by atoms with Gasteiger partial charge in [-0.2, -0.15) is 0 Å². The zero-order valence-corrected chi connectivity index (χ0v) is 6.03. The van der Waals surface area contributed by atoms with Crippen LogP contribution in [-0.2, 0) is 0 Å². The summed E-state index contributed by atoms with van der Waals surface area (Å²) in [6.45, 7) is 1.80. The van der Waals surface area contributed by atoms with Crippen LogP contribution in [0.3, 0.4) is 0 Å². The molecule has 0 aromatic carbocycles. The zero-order valence-electron chi connectivity index (χ0n) is 6.03. The number of nitrogen functional groups attached to an aromatic ring is 1. The number of hydrogen-bond donors (Lipinski definition) is 2. The molecule has 0 radical (unpaired) electrons. The highest BCUT2D eigenvalue weighted by Crippen LogP contribution is 2.09. The molecule has 3 N–H and O–H groups in total.